The van der Waals surface area contributed by atoms with Gasteiger partial charge in [0.25, 0.3) is 10.0 Å². The number of hydrogen-bond acceptors (Lipinski definition) is 4. The molecular weight excluding hydrogens is 593 g/mol. The van der Waals surface area contributed by atoms with E-state index in [-0.39, 0.29) is 33.1 Å². The third-order valence-electron chi connectivity index (χ3n) is 6.30. The number of amides is 2. The highest BCUT2D eigenvalue weighted by molar-refractivity contribution is 7.92. The van der Waals surface area contributed by atoms with E-state index in [1.807, 2.05) is 6.92 Å². The summed E-state index contributed by atoms with van der Waals surface area (Å²) in [5, 5.41) is 3.66. The maximum Gasteiger partial charge on any atom is 0.264 e. The van der Waals surface area contributed by atoms with Crippen LogP contribution in [0.25, 0.3) is 0 Å². The quantitative estimate of drug-likeness (QED) is 0.218. The SMILES string of the molecule is CCCCNC(=O)[C@@H](CC)N(Cc1ccccc1Cl)C(=O)CN(c1cc(Cl)ccc1Cl)S(=O)(=O)c1ccccc1. The largest absolute Gasteiger partial charge is 0.354 e. The number of anilines is 1. The topological polar surface area (TPSA) is 86.8 Å². The van der Waals surface area contributed by atoms with Crippen molar-refractivity contribution in [3.05, 3.63) is 93.4 Å². The molecular formula is C29H32Cl3N3O4S. The van der Waals surface area contributed by atoms with Crippen molar-refractivity contribution < 1.29 is 18.0 Å². The van der Waals surface area contributed by atoms with Gasteiger partial charge in [0.05, 0.1) is 15.6 Å². The van der Waals surface area contributed by atoms with E-state index in [1.54, 1.807) is 49.4 Å². The third-order valence-corrected chi connectivity index (χ3v) is 9.00. The molecule has 0 bridgehead atoms. The lowest BCUT2D eigenvalue weighted by atomic mass is 10.1. The van der Waals surface area contributed by atoms with E-state index in [4.69, 9.17) is 34.8 Å². The summed E-state index contributed by atoms with van der Waals surface area (Å²) in [4.78, 5) is 28.6. The molecule has 0 aliphatic heterocycles. The Morgan fingerprint density at radius 3 is 2.23 bits per heavy atom. The molecule has 0 radical (unpaired) electrons. The summed E-state index contributed by atoms with van der Waals surface area (Å²) in [6, 6.07) is 18.3. The predicted octanol–water partition coefficient (Wildman–Crippen LogP) is 6.57. The van der Waals surface area contributed by atoms with Crippen LogP contribution < -0.4 is 9.62 Å². The van der Waals surface area contributed by atoms with E-state index < -0.39 is 28.5 Å². The van der Waals surface area contributed by atoms with Crippen LogP contribution in [0.3, 0.4) is 0 Å². The van der Waals surface area contributed by atoms with Gasteiger partial charge >= 0.3 is 0 Å². The highest BCUT2D eigenvalue weighted by Gasteiger charge is 2.34. The molecule has 0 saturated heterocycles. The number of benzene rings is 3. The second kappa shape index (κ2) is 14.7. The molecule has 7 nitrogen and oxygen atoms in total. The molecule has 3 aromatic rings. The molecule has 0 aromatic heterocycles. The third kappa shape index (κ3) is 7.91. The minimum absolute atomic E-state index is 0.000708. The van der Waals surface area contributed by atoms with E-state index in [0.717, 1.165) is 17.1 Å². The maximum atomic E-state index is 14.1. The normalized spacial score (nSPS) is 12.0. The zero-order chi connectivity index (χ0) is 29.3. The molecule has 0 saturated carbocycles. The van der Waals surface area contributed by atoms with Crippen molar-refractivity contribution in [2.24, 2.45) is 0 Å². The van der Waals surface area contributed by atoms with Gasteiger partial charge in [0.2, 0.25) is 11.8 Å². The second-order valence-corrected chi connectivity index (χ2v) is 12.2. The first-order chi connectivity index (χ1) is 19.1. The Bertz CT molecular complexity index is 1420. The molecule has 214 valence electrons. The Morgan fingerprint density at radius 1 is 0.900 bits per heavy atom. The summed E-state index contributed by atoms with van der Waals surface area (Å²) < 4.78 is 28.7. The zero-order valence-electron chi connectivity index (χ0n) is 22.3. The van der Waals surface area contributed by atoms with Crippen LogP contribution in [0.4, 0.5) is 5.69 Å². The number of carbonyl (C=O) groups is 2. The van der Waals surface area contributed by atoms with E-state index >= 15 is 0 Å². The van der Waals surface area contributed by atoms with Crippen LogP contribution in [0.1, 0.15) is 38.7 Å². The Kier molecular flexibility index (Phi) is 11.7. The first kappa shape index (κ1) is 31.7. The van der Waals surface area contributed by atoms with Crippen LogP contribution in [0.2, 0.25) is 15.1 Å². The van der Waals surface area contributed by atoms with Gasteiger partial charge in [-0.1, -0.05) is 91.5 Å². The summed E-state index contributed by atoms with van der Waals surface area (Å²) in [5.41, 5.74) is 0.667. The molecule has 0 fully saturated rings. The Hall–Kier alpha value is -2.78. The van der Waals surface area contributed by atoms with E-state index in [0.29, 0.717) is 23.6 Å². The Labute approximate surface area is 251 Å². The number of halogens is 3. The first-order valence-corrected chi connectivity index (χ1v) is 15.5. The average Bonchev–Trinajstić information content (AvgIpc) is 2.94. The Balaban J connectivity index is 2.07. The van der Waals surface area contributed by atoms with Crippen LogP contribution in [-0.2, 0) is 26.2 Å². The highest BCUT2D eigenvalue weighted by atomic mass is 35.5. The van der Waals surface area contributed by atoms with Gasteiger partial charge in [-0.2, -0.15) is 0 Å². The van der Waals surface area contributed by atoms with Gasteiger partial charge in [0.1, 0.15) is 12.6 Å². The van der Waals surface area contributed by atoms with Crippen LogP contribution in [0.5, 0.6) is 0 Å². The number of nitrogens with zero attached hydrogens (tertiary/aromatic N) is 2. The summed E-state index contributed by atoms with van der Waals surface area (Å²) in [7, 11) is -4.26. The van der Waals surface area contributed by atoms with Crippen LogP contribution in [0.15, 0.2) is 77.7 Å². The van der Waals surface area contributed by atoms with Crippen molar-refractivity contribution in [2.45, 2.75) is 50.6 Å². The minimum atomic E-state index is -4.26. The van der Waals surface area contributed by atoms with Crippen molar-refractivity contribution in [3.8, 4) is 0 Å². The number of nitrogens with one attached hydrogen (secondary N) is 1. The molecule has 0 unspecified atom stereocenters. The molecule has 40 heavy (non-hydrogen) atoms. The molecule has 0 spiro atoms. The smallest absolute Gasteiger partial charge is 0.264 e. The van der Waals surface area contributed by atoms with Gasteiger partial charge in [-0.3, -0.25) is 13.9 Å². The zero-order valence-corrected chi connectivity index (χ0v) is 25.4. The fourth-order valence-corrected chi connectivity index (χ4v) is 6.22. The molecule has 3 aromatic carbocycles. The van der Waals surface area contributed by atoms with Gasteiger partial charge in [-0.05, 0) is 54.8 Å². The van der Waals surface area contributed by atoms with Crippen LogP contribution >= 0.6 is 34.8 Å². The van der Waals surface area contributed by atoms with Crippen molar-refractivity contribution in [3.63, 3.8) is 0 Å². The standard InChI is InChI=1S/C29H32Cl3N3O4S/c1-3-5-17-33-29(37)26(4-2)34(19-21-11-9-10-14-24(21)31)28(36)20-35(27-18-22(30)15-16-25(27)32)40(38,39)23-12-7-6-8-13-23/h6-16,18,26H,3-5,17,19-20H2,1-2H3,(H,33,37)/t26-/m1/s1. The molecule has 0 aliphatic carbocycles. The van der Waals surface area contributed by atoms with Crippen molar-refractivity contribution in [2.75, 3.05) is 17.4 Å². The molecule has 3 rings (SSSR count). The van der Waals surface area contributed by atoms with Crippen LogP contribution in [-0.4, -0.2) is 44.3 Å². The van der Waals surface area contributed by atoms with E-state index in [1.165, 1.54) is 35.2 Å². The van der Waals surface area contributed by atoms with Gasteiger partial charge in [-0.15, -0.1) is 0 Å². The predicted molar refractivity (Wildman–Crippen MR) is 161 cm³/mol. The molecule has 11 heteroatoms. The number of hydrogen-bond donors (Lipinski definition) is 1. The first-order valence-electron chi connectivity index (χ1n) is 12.9. The molecule has 0 aliphatic rings. The lowest BCUT2D eigenvalue weighted by Crippen LogP contribution is -2.52. The van der Waals surface area contributed by atoms with Crippen molar-refractivity contribution >= 4 is 62.3 Å². The Morgan fingerprint density at radius 2 is 1.57 bits per heavy atom. The molecule has 1 atom stereocenters. The number of carbonyl (C=O) groups excluding carboxylic acids is 2. The summed E-state index contributed by atoms with van der Waals surface area (Å²) >= 11 is 19.1. The number of unbranched alkanes of at least 4 members (excludes halogenated alkanes) is 1. The van der Waals surface area contributed by atoms with Crippen molar-refractivity contribution in [1.29, 1.82) is 0 Å². The maximum absolute atomic E-state index is 14.1. The fraction of sp³-hybridized carbons (Fsp3) is 0.310. The summed E-state index contributed by atoms with van der Waals surface area (Å²) in [6.07, 6.45) is 1.99. The van der Waals surface area contributed by atoms with Gasteiger partial charge < -0.3 is 10.2 Å². The molecule has 0 heterocycles. The fourth-order valence-electron chi connectivity index (χ4n) is 4.15. The average molecular weight is 625 g/mol. The minimum Gasteiger partial charge on any atom is -0.354 e. The summed E-state index contributed by atoms with van der Waals surface area (Å²) in [6.45, 7) is 3.65. The number of rotatable bonds is 13. The number of sulfonamides is 1. The lowest BCUT2D eigenvalue weighted by Gasteiger charge is -2.33. The second-order valence-electron chi connectivity index (χ2n) is 9.10. The van der Waals surface area contributed by atoms with Crippen molar-refractivity contribution in [1.82, 2.24) is 10.2 Å². The van der Waals surface area contributed by atoms with E-state index in [9.17, 15) is 18.0 Å². The van der Waals surface area contributed by atoms with Gasteiger partial charge in [-0.25, -0.2) is 8.42 Å². The van der Waals surface area contributed by atoms with Crippen LogP contribution in [0, 0.1) is 0 Å². The lowest BCUT2D eigenvalue weighted by molar-refractivity contribution is -0.140. The monoisotopic (exact) mass is 623 g/mol. The van der Waals surface area contributed by atoms with Gasteiger partial charge in [0, 0.05) is 23.1 Å². The summed E-state index contributed by atoms with van der Waals surface area (Å²) in [5.74, 6) is -0.928. The molecule has 1 N–H and O–H groups in total. The van der Waals surface area contributed by atoms with E-state index in [2.05, 4.69) is 5.32 Å². The van der Waals surface area contributed by atoms with Gasteiger partial charge in [0.15, 0.2) is 0 Å². The molecule has 2 amide bonds. The highest BCUT2D eigenvalue weighted by Crippen LogP contribution is 2.33.